The summed E-state index contributed by atoms with van der Waals surface area (Å²) in [6.07, 6.45) is 0.847. The first-order chi connectivity index (χ1) is 9.63. The largest absolute Gasteiger partial charge is 0.480 e. The topological polar surface area (TPSA) is 49.3 Å². The van der Waals surface area contributed by atoms with Crippen molar-refractivity contribution >= 4 is 16.7 Å². The van der Waals surface area contributed by atoms with Crippen molar-refractivity contribution in [3.63, 3.8) is 0 Å². The smallest absolute Gasteiger partial charge is 0.320 e. The molecule has 3 heteroatoms. The predicted octanol–water partition coefficient (Wildman–Crippen LogP) is 3.43. The van der Waals surface area contributed by atoms with Gasteiger partial charge in [-0.3, -0.25) is 4.79 Å². The van der Waals surface area contributed by atoms with Gasteiger partial charge >= 0.3 is 5.97 Å². The monoisotopic (exact) mass is 271 g/mol. The van der Waals surface area contributed by atoms with E-state index in [1.165, 1.54) is 10.8 Å². The summed E-state index contributed by atoms with van der Waals surface area (Å²) in [5.74, 6) is -0.665. The van der Waals surface area contributed by atoms with Crippen LogP contribution < -0.4 is 5.32 Å². The molecule has 106 valence electrons. The molecule has 2 N–H and O–H groups in total. The van der Waals surface area contributed by atoms with Crippen molar-refractivity contribution in [3.05, 3.63) is 48.0 Å². The van der Waals surface area contributed by atoms with Crippen LogP contribution in [-0.4, -0.2) is 17.1 Å². The number of hydrogen-bond acceptors (Lipinski definition) is 2. The normalized spacial score (nSPS) is 14.1. The molecule has 0 aliphatic carbocycles. The van der Waals surface area contributed by atoms with Gasteiger partial charge in [0.2, 0.25) is 0 Å². The fourth-order valence-corrected chi connectivity index (χ4v) is 2.43. The maximum absolute atomic E-state index is 11.3. The van der Waals surface area contributed by atoms with E-state index < -0.39 is 12.0 Å². The third kappa shape index (κ3) is 3.17. The third-order valence-electron chi connectivity index (χ3n) is 3.87. The van der Waals surface area contributed by atoms with E-state index in [0.29, 0.717) is 6.54 Å². The average Bonchev–Trinajstić information content (AvgIpc) is 2.47. The number of nitrogens with one attached hydrogen (secondary N) is 1. The van der Waals surface area contributed by atoms with Gasteiger partial charge in [-0.25, -0.2) is 0 Å². The SMILES string of the molecule is CCC(C)C(NCc1cccc2ccccc12)C(=O)O. The molecule has 0 aromatic heterocycles. The van der Waals surface area contributed by atoms with Crippen LogP contribution in [-0.2, 0) is 11.3 Å². The minimum absolute atomic E-state index is 0.113. The molecule has 0 radical (unpaired) electrons. The van der Waals surface area contributed by atoms with E-state index in [2.05, 4.69) is 23.5 Å². The lowest BCUT2D eigenvalue weighted by Crippen LogP contribution is -2.41. The maximum atomic E-state index is 11.3. The van der Waals surface area contributed by atoms with E-state index >= 15 is 0 Å². The Morgan fingerprint density at radius 1 is 1.20 bits per heavy atom. The molecule has 0 bridgehead atoms. The molecule has 2 aromatic carbocycles. The fraction of sp³-hybridized carbons (Fsp3) is 0.353. The standard InChI is InChI=1S/C17H21NO2/c1-3-12(2)16(17(19)20)18-11-14-9-6-8-13-7-4-5-10-15(13)14/h4-10,12,16,18H,3,11H2,1-2H3,(H,19,20). The van der Waals surface area contributed by atoms with E-state index in [0.717, 1.165) is 12.0 Å². The van der Waals surface area contributed by atoms with Gasteiger partial charge in [0.25, 0.3) is 0 Å². The number of fused-ring (bicyclic) bond motifs is 1. The second kappa shape index (κ2) is 6.53. The first kappa shape index (κ1) is 14.5. The zero-order valence-corrected chi connectivity index (χ0v) is 12.0. The quantitative estimate of drug-likeness (QED) is 0.846. The highest BCUT2D eigenvalue weighted by atomic mass is 16.4. The molecule has 0 saturated heterocycles. The Labute approximate surface area is 119 Å². The van der Waals surface area contributed by atoms with E-state index in [9.17, 15) is 9.90 Å². The molecule has 2 aromatic rings. The van der Waals surface area contributed by atoms with E-state index in [-0.39, 0.29) is 5.92 Å². The number of carboxylic acids is 1. The predicted molar refractivity (Wildman–Crippen MR) is 81.7 cm³/mol. The molecule has 2 rings (SSSR count). The van der Waals surface area contributed by atoms with Gasteiger partial charge in [0.05, 0.1) is 0 Å². The number of rotatable bonds is 6. The van der Waals surface area contributed by atoms with E-state index in [1.807, 2.05) is 38.1 Å². The third-order valence-corrected chi connectivity index (χ3v) is 3.87. The Morgan fingerprint density at radius 3 is 2.60 bits per heavy atom. The number of aliphatic carboxylic acids is 1. The molecule has 2 atom stereocenters. The summed E-state index contributed by atoms with van der Waals surface area (Å²) in [4.78, 5) is 11.3. The molecule has 0 spiro atoms. The van der Waals surface area contributed by atoms with Crippen molar-refractivity contribution in [1.82, 2.24) is 5.32 Å². The molecule has 0 aliphatic heterocycles. The lowest BCUT2D eigenvalue weighted by atomic mass is 9.98. The lowest BCUT2D eigenvalue weighted by molar-refractivity contribution is -0.140. The molecular weight excluding hydrogens is 250 g/mol. The molecule has 0 amide bonds. The Morgan fingerprint density at radius 2 is 1.90 bits per heavy atom. The molecule has 20 heavy (non-hydrogen) atoms. The minimum atomic E-state index is -0.778. The van der Waals surface area contributed by atoms with Gasteiger partial charge in [-0.05, 0) is 22.3 Å². The second-order valence-electron chi connectivity index (χ2n) is 5.22. The van der Waals surface area contributed by atoms with Crippen LogP contribution >= 0.6 is 0 Å². The molecular formula is C17H21NO2. The Kier molecular flexibility index (Phi) is 4.74. The summed E-state index contributed by atoms with van der Waals surface area (Å²) in [7, 11) is 0. The van der Waals surface area contributed by atoms with Crippen molar-refractivity contribution in [2.75, 3.05) is 0 Å². The molecule has 0 aliphatic rings. The average molecular weight is 271 g/mol. The van der Waals surface area contributed by atoms with Crippen molar-refractivity contribution in [2.24, 2.45) is 5.92 Å². The maximum Gasteiger partial charge on any atom is 0.320 e. The van der Waals surface area contributed by atoms with Crippen LogP contribution in [0.15, 0.2) is 42.5 Å². The lowest BCUT2D eigenvalue weighted by Gasteiger charge is -2.20. The first-order valence-corrected chi connectivity index (χ1v) is 7.06. The van der Waals surface area contributed by atoms with Crippen LogP contribution in [0.4, 0.5) is 0 Å². The summed E-state index contributed by atoms with van der Waals surface area (Å²) in [5.41, 5.74) is 1.14. The van der Waals surface area contributed by atoms with Gasteiger partial charge in [-0.2, -0.15) is 0 Å². The number of carbonyl (C=O) groups is 1. The Hall–Kier alpha value is -1.87. The fourth-order valence-electron chi connectivity index (χ4n) is 2.43. The highest BCUT2D eigenvalue weighted by Gasteiger charge is 2.22. The van der Waals surface area contributed by atoms with Gasteiger partial charge in [-0.1, -0.05) is 62.7 Å². The molecule has 3 nitrogen and oxygen atoms in total. The molecule has 0 fully saturated rings. The van der Waals surface area contributed by atoms with Gasteiger partial charge in [0.15, 0.2) is 0 Å². The van der Waals surface area contributed by atoms with E-state index in [1.54, 1.807) is 0 Å². The van der Waals surface area contributed by atoms with Crippen LogP contribution in [0.5, 0.6) is 0 Å². The Bertz CT molecular complexity index is 589. The van der Waals surface area contributed by atoms with E-state index in [4.69, 9.17) is 0 Å². The number of carboxylic acid groups (broad SMARTS) is 1. The highest BCUT2D eigenvalue weighted by molar-refractivity contribution is 5.85. The zero-order chi connectivity index (χ0) is 14.5. The summed E-state index contributed by atoms with van der Waals surface area (Å²) in [6.45, 7) is 4.55. The van der Waals surface area contributed by atoms with Crippen LogP contribution in [0, 0.1) is 5.92 Å². The number of benzene rings is 2. The Balaban J connectivity index is 2.18. The summed E-state index contributed by atoms with van der Waals surface area (Å²) in [5, 5.41) is 14.8. The van der Waals surface area contributed by atoms with Crippen molar-refractivity contribution in [2.45, 2.75) is 32.9 Å². The van der Waals surface area contributed by atoms with Gasteiger partial charge in [0.1, 0.15) is 6.04 Å². The highest BCUT2D eigenvalue weighted by Crippen LogP contribution is 2.19. The second-order valence-corrected chi connectivity index (χ2v) is 5.22. The zero-order valence-electron chi connectivity index (χ0n) is 12.0. The van der Waals surface area contributed by atoms with Gasteiger partial charge in [0, 0.05) is 6.54 Å². The summed E-state index contributed by atoms with van der Waals surface area (Å²) >= 11 is 0. The van der Waals surface area contributed by atoms with Crippen molar-refractivity contribution < 1.29 is 9.90 Å². The summed E-state index contributed by atoms with van der Waals surface area (Å²) < 4.78 is 0. The molecule has 0 saturated carbocycles. The van der Waals surface area contributed by atoms with Crippen molar-refractivity contribution in [1.29, 1.82) is 0 Å². The van der Waals surface area contributed by atoms with Gasteiger partial charge in [-0.15, -0.1) is 0 Å². The van der Waals surface area contributed by atoms with Gasteiger partial charge < -0.3 is 10.4 Å². The first-order valence-electron chi connectivity index (χ1n) is 7.06. The van der Waals surface area contributed by atoms with Crippen LogP contribution in [0.2, 0.25) is 0 Å². The number of hydrogen-bond donors (Lipinski definition) is 2. The van der Waals surface area contributed by atoms with Crippen molar-refractivity contribution in [3.8, 4) is 0 Å². The van der Waals surface area contributed by atoms with Crippen LogP contribution in [0.1, 0.15) is 25.8 Å². The minimum Gasteiger partial charge on any atom is -0.480 e. The van der Waals surface area contributed by atoms with Crippen LogP contribution in [0.3, 0.4) is 0 Å². The van der Waals surface area contributed by atoms with Crippen LogP contribution in [0.25, 0.3) is 10.8 Å². The molecule has 0 heterocycles. The summed E-state index contributed by atoms with van der Waals surface area (Å²) in [6, 6.07) is 13.8. The molecule has 2 unspecified atom stereocenters.